The molecule has 74 valence electrons. The third kappa shape index (κ3) is 4.74. The summed E-state index contributed by atoms with van der Waals surface area (Å²) < 4.78 is 14.0. The summed E-state index contributed by atoms with van der Waals surface area (Å²) in [6, 6.07) is 0. The molecule has 0 rings (SSSR count). The molecule has 0 nitrogen and oxygen atoms in total. The number of rotatable bonds is 4. The lowest BCUT2D eigenvalue weighted by molar-refractivity contribution is 0.0834. The number of halogens is 1. The smallest absolute Gasteiger partial charge is 0.111 e. The minimum absolute atomic E-state index is 0.111. The van der Waals surface area contributed by atoms with Crippen molar-refractivity contribution < 1.29 is 4.39 Å². The van der Waals surface area contributed by atoms with E-state index >= 15 is 0 Å². The topological polar surface area (TPSA) is 0 Å². The van der Waals surface area contributed by atoms with Crippen LogP contribution in [0, 0.1) is 5.41 Å². The van der Waals surface area contributed by atoms with Crippen molar-refractivity contribution in [3.63, 3.8) is 0 Å². The third-order valence-corrected chi connectivity index (χ3v) is 2.18. The van der Waals surface area contributed by atoms with Crippen LogP contribution < -0.4 is 0 Å². The first-order valence-corrected chi connectivity index (χ1v) is 5.02. The van der Waals surface area contributed by atoms with Gasteiger partial charge in [0.05, 0.1) is 0 Å². The van der Waals surface area contributed by atoms with Crippen LogP contribution in [0.5, 0.6) is 0 Å². The van der Waals surface area contributed by atoms with Gasteiger partial charge in [0, 0.05) is 0 Å². The molecule has 12 heavy (non-hydrogen) atoms. The van der Waals surface area contributed by atoms with Gasteiger partial charge in [-0.1, -0.05) is 41.0 Å². The molecule has 0 radical (unpaired) electrons. The predicted molar refractivity (Wildman–Crippen MR) is 53.1 cm³/mol. The highest BCUT2D eigenvalue weighted by Crippen LogP contribution is 2.35. The molecule has 0 aromatic heterocycles. The maximum Gasteiger partial charge on any atom is 0.111 e. The SMILES string of the molecule is CCCC(F)(CC)CC(C)(C)C. The first-order valence-electron chi connectivity index (χ1n) is 5.02. The van der Waals surface area contributed by atoms with E-state index in [1.54, 1.807) is 0 Å². The van der Waals surface area contributed by atoms with E-state index in [9.17, 15) is 4.39 Å². The Bertz CT molecular complexity index is 123. The summed E-state index contributed by atoms with van der Waals surface area (Å²) in [5.74, 6) is 0. The van der Waals surface area contributed by atoms with Gasteiger partial charge < -0.3 is 0 Å². The van der Waals surface area contributed by atoms with Gasteiger partial charge >= 0.3 is 0 Å². The Labute approximate surface area is 76.6 Å². The zero-order valence-corrected chi connectivity index (χ0v) is 9.21. The molecule has 0 heterocycles. The van der Waals surface area contributed by atoms with E-state index in [1.165, 1.54) is 0 Å². The normalized spacial score (nSPS) is 17.5. The van der Waals surface area contributed by atoms with Gasteiger partial charge in [0.25, 0.3) is 0 Å². The molecule has 0 N–H and O–H groups in total. The first-order chi connectivity index (χ1) is 5.33. The van der Waals surface area contributed by atoms with Crippen LogP contribution in [0.2, 0.25) is 0 Å². The summed E-state index contributed by atoms with van der Waals surface area (Å²) in [5, 5.41) is 0. The van der Waals surface area contributed by atoms with Gasteiger partial charge in [-0.25, -0.2) is 4.39 Å². The van der Waals surface area contributed by atoms with Crippen LogP contribution in [0.15, 0.2) is 0 Å². The second kappa shape index (κ2) is 4.25. The summed E-state index contributed by atoms with van der Waals surface area (Å²) in [5.41, 5.74) is -0.813. The third-order valence-electron chi connectivity index (χ3n) is 2.18. The second-order valence-corrected chi connectivity index (χ2v) is 4.99. The molecular formula is C11H23F. The Morgan fingerprint density at radius 3 is 1.83 bits per heavy atom. The van der Waals surface area contributed by atoms with Gasteiger partial charge in [0.1, 0.15) is 5.67 Å². The molecule has 0 saturated heterocycles. The average molecular weight is 174 g/mol. The molecule has 0 spiro atoms. The Morgan fingerprint density at radius 2 is 1.58 bits per heavy atom. The molecule has 0 amide bonds. The second-order valence-electron chi connectivity index (χ2n) is 4.99. The Kier molecular flexibility index (Phi) is 4.22. The summed E-state index contributed by atoms with van der Waals surface area (Å²) in [7, 11) is 0. The van der Waals surface area contributed by atoms with E-state index in [4.69, 9.17) is 0 Å². The van der Waals surface area contributed by atoms with Crippen molar-refractivity contribution >= 4 is 0 Å². The van der Waals surface area contributed by atoms with E-state index in [-0.39, 0.29) is 5.41 Å². The largest absolute Gasteiger partial charge is 0.244 e. The monoisotopic (exact) mass is 174 g/mol. The molecule has 1 unspecified atom stereocenters. The molecule has 0 aliphatic heterocycles. The van der Waals surface area contributed by atoms with E-state index in [0.717, 1.165) is 6.42 Å². The van der Waals surface area contributed by atoms with Crippen LogP contribution in [-0.4, -0.2) is 5.67 Å². The predicted octanol–water partition coefficient (Wildman–Crippen LogP) is 4.34. The Balaban J connectivity index is 4.14. The average Bonchev–Trinajstić information content (AvgIpc) is 1.84. The van der Waals surface area contributed by atoms with Gasteiger partial charge in [-0.3, -0.25) is 0 Å². The zero-order valence-electron chi connectivity index (χ0n) is 9.21. The molecule has 1 heteroatoms. The number of hydrogen-bond donors (Lipinski definition) is 0. The fraction of sp³-hybridized carbons (Fsp3) is 1.00. The fourth-order valence-corrected chi connectivity index (χ4v) is 1.79. The molecule has 0 bridgehead atoms. The Hall–Kier alpha value is -0.0700. The lowest BCUT2D eigenvalue weighted by atomic mass is 9.79. The van der Waals surface area contributed by atoms with Crippen molar-refractivity contribution in [1.29, 1.82) is 0 Å². The van der Waals surface area contributed by atoms with Crippen molar-refractivity contribution in [1.82, 2.24) is 0 Å². The van der Waals surface area contributed by atoms with Crippen LogP contribution in [0.1, 0.15) is 60.3 Å². The maximum absolute atomic E-state index is 14.0. The van der Waals surface area contributed by atoms with E-state index in [2.05, 4.69) is 20.8 Å². The van der Waals surface area contributed by atoms with Crippen LogP contribution in [-0.2, 0) is 0 Å². The molecular weight excluding hydrogens is 151 g/mol. The molecule has 0 saturated carbocycles. The molecule has 0 aliphatic rings. The van der Waals surface area contributed by atoms with Crippen LogP contribution >= 0.6 is 0 Å². The van der Waals surface area contributed by atoms with Gasteiger partial charge in [-0.2, -0.15) is 0 Å². The van der Waals surface area contributed by atoms with Crippen molar-refractivity contribution in [3.05, 3.63) is 0 Å². The summed E-state index contributed by atoms with van der Waals surface area (Å²) in [6.45, 7) is 10.3. The van der Waals surface area contributed by atoms with Crippen LogP contribution in [0.25, 0.3) is 0 Å². The van der Waals surface area contributed by atoms with Gasteiger partial charge in [-0.15, -0.1) is 0 Å². The Morgan fingerprint density at radius 1 is 1.08 bits per heavy atom. The van der Waals surface area contributed by atoms with Gasteiger partial charge in [0.15, 0.2) is 0 Å². The van der Waals surface area contributed by atoms with E-state index in [1.807, 2.05) is 13.8 Å². The molecule has 0 aromatic carbocycles. The van der Waals surface area contributed by atoms with E-state index < -0.39 is 5.67 Å². The highest BCUT2D eigenvalue weighted by molar-refractivity contribution is 4.82. The van der Waals surface area contributed by atoms with Crippen molar-refractivity contribution in [2.75, 3.05) is 0 Å². The summed E-state index contributed by atoms with van der Waals surface area (Å²) >= 11 is 0. The fourth-order valence-electron chi connectivity index (χ4n) is 1.79. The van der Waals surface area contributed by atoms with E-state index in [0.29, 0.717) is 19.3 Å². The summed E-state index contributed by atoms with van der Waals surface area (Å²) in [4.78, 5) is 0. The van der Waals surface area contributed by atoms with Gasteiger partial charge in [-0.05, 0) is 24.7 Å². The molecule has 0 fully saturated rings. The molecule has 0 aliphatic carbocycles. The first kappa shape index (κ1) is 11.9. The number of alkyl halides is 1. The molecule has 1 atom stereocenters. The van der Waals surface area contributed by atoms with Crippen molar-refractivity contribution in [2.24, 2.45) is 5.41 Å². The zero-order chi connectivity index (χ0) is 9.83. The highest BCUT2D eigenvalue weighted by atomic mass is 19.1. The highest BCUT2D eigenvalue weighted by Gasteiger charge is 2.31. The lowest BCUT2D eigenvalue weighted by Crippen LogP contribution is -2.28. The van der Waals surface area contributed by atoms with Crippen LogP contribution in [0.3, 0.4) is 0 Å². The van der Waals surface area contributed by atoms with Crippen molar-refractivity contribution in [3.8, 4) is 0 Å². The number of hydrogen-bond acceptors (Lipinski definition) is 0. The molecule has 0 aromatic rings. The van der Waals surface area contributed by atoms with Crippen LogP contribution in [0.4, 0.5) is 4.39 Å². The minimum atomic E-state index is -0.924. The van der Waals surface area contributed by atoms with Gasteiger partial charge in [0.2, 0.25) is 0 Å². The lowest BCUT2D eigenvalue weighted by Gasteiger charge is -2.31. The maximum atomic E-state index is 14.0. The minimum Gasteiger partial charge on any atom is -0.244 e. The summed E-state index contributed by atoms with van der Waals surface area (Å²) in [6.07, 6.45) is 2.99. The standard InChI is InChI=1S/C11H23F/c1-6-8-11(12,7-2)9-10(3,4)5/h6-9H2,1-5H3. The quantitative estimate of drug-likeness (QED) is 0.594. The van der Waals surface area contributed by atoms with Crippen molar-refractivity contribution in [2.45, 2.75) is 66.0 Å².